The van der Waals surface area contributed by atoms with Gasteiger partial charge in [0.15, 0.2) is 6.29 Å². The number of carbonyl (C=O) groups excluding carboxylic acids is 1. The highest BCUT2D eigenvalue weighted by atomic mass is 79.9. The lowest BCUT2D eigenvalue weighted by molar-refractivity contribution is 0.112. The van der Waals surface area contributed by atoms with Crippen LogP contribution < -0.4 is 9.47 Å². The number of halogens is 2. The highest BCUT2D eigenvalue weighted by molar-refractivity contribution is 9.11. The van der Waals surface area contributed by atoms with Crippen LogP contribution in [-0.2, 0) is 0 Å². The fraction of sp³-hybridized carbons (Fsp3) is 0.0714. The van der Waals surface area contributed by atoms with Gasteiger partial charge < -0.3 is 9.47 Å². The zero-order chi connectivity index (χ0) is 13.8. The van der Waals surface area contributed by atoms with E-state index in [1.807, 2.05) is 6.07 Å². The number of hydrogen-bond acceptors (Lipinski definition) is 3. The van der Waals surface area contributed by atoms with Crippen molar-refractivity contribution in [2.24, 2.45) is 0 Å². The van der Waals surface area contributed by atoms with E-state index in [0.29, 0.717) is 22.8 Å². The summed E-state index contributed by atoms with van der Waals surface area (Å²) in [5, 5.41) is 0. The third-order valence-electron chi connectivity index (χ3n) is 2.47. The largest absolute Gasteiger partial charge is 0.496 e. The molecule has 0 saturated carbocycles. The monoisotopic (exact) mass is 384 g/mol. The SMILES string of the molecule is COc1cc(Br)c(Oc2ccccc2C=O)cc1Br. The van der Waals surface area contributed by atoms with Crippen LogP contribution in [0.4, 0.5) is 0 Å². The Bertz CT molecular complexity index is 612. The second-order valence-corrected chi connectivity index (χ2v) is 5.38. The quantitative estimate of drug-likeness (QED) is 0.707. The summed E-state index contributed by atoms with van der Waals surface area (Å²) in [7, 11) is 1.59. The zero-order valence-electron chi connectivity index (χ0n) is 10.0. The molecule has 98 valence electrons. The predicted molar refractivity (Wildman–Crippen MR) is 80.3 cm³/mol. The van der Waals surface area contributed by atoms with Crippen LogP contribution >= 0.6 is 31.9 Å². The van der Waals surface area contributed by atoms with E-state index >= 15 is 0 Å². The minimum atomic E-state index is 0.501. The number of ether oxygens (including phenoxy) is 2. The van der Waals surface area contributed by atoms with Gasteiger partial charge in [-0.05, 0) is 56.1 Å². The van der Waals surface area contributed by atoms with Crippen LogP contribution in [0.15, 0.2) is 45.3 Å². The number of rotatable bonds is 4. The second kappa shape index (κ2) is 6.21. The third kappa shape index (κ3) is 3.16. The van der Waals surface area contributed by atoms with Crippen LogP contribution in [0.1, 0.15) is 10.4 Å². The first-order valence-electron chi connectivity index (χ1n) is 5.41. The Morgan fingerprint density at radius 1 is 1.00 bits per heavy atom. The Morgan fingerprint density at radius 2 is 1.63 bits per heavy atom. The Labute approximate surface area is 127 Å². The van der Waals surface area contributed by atoms with Gasteiger partial charge in [-0.3, -0.25) is 4.79 Å². The molecule has 0 radical (unpaired) electrons. The van der Waals surface area contributed by atoms with Gasteiger partial charge >= 0.3 is 0 Å². The molecule has 0 amide bonds. The third-order valence-corrected chi connectivity index (χ3v) is 3.71. The average Bonchev–Trinajstić information content (AvgIpc) is 2.43. The van der Waals surface area contributed by atoms with Crippen LogP contribution in [0.2, 0.25) is 0 Å². The summed E-state index contributed by atoms with van der Waals surface area (Å²) in [4.78, 5) is 10.9. The number of carbonyl (C=O) groups is 1. The Hall–Kier alpha value is -1.33. The van der Waals surface area contributed by atoms with Crippen molar-refractivity contribution in [1.82, 2.24) is 0 Å². The van der Waals surface area contributed by atoms with Gasteiger partial charge in [0.2, 0.25) is 0 Å². The highest BCUT2D eigenvalue weighted by Crippen LogP contribution is 2.38. The number of hydrogen-bond donors (Lipinski definition) is 0. The molecule has 2 rings (SSSR count). The molecule has 0 atom stereocenters. The number of aldehydes is 1. The maximum absolute atomic E-state index is 10.9. The van der Waals surface area contributed by atoms with E-state index in [9.17, 15) is 4.79 Å². The molecule has 5 heteroatoms. The van der Waals surface area contributed by atoms with Crippen molar-refractivity contribution in [3.8, 4) is 17.2 Å². The molecule has 3 nitrogen and oxygen atoms in total. The van der Waals surface area contributed by atoms with Gasteiger partial charge in [0.25, 0.3) is 0 Å². The van der Waals surface area contributed by atoms with Crippen molar-refractivity contribution < 1.29 is 14.3 Å². The first kappa shape index (κ1) is 14.1. The van der Waals surface area contributed by atoms with E-state index in [4.69, 9.17) is 9.47 Å². The topological polar surface area (TPSA) is 35.5 Å². The molecule has 0 spiro atoms. The zero-order valence-corrected chi connectivity index (χ0v) is 13.2. The molecular weight excluding hydrogens is 376 g/mol. The van der Waals surface area contributed by atoms with E-state index in [0.717, 1.165) is 15.2 Å². The molecule has 0 saturated heterocycles. The molecule has 0 aliphatic heterocycles. The minimum absolute atomic E-state index is 0.501. The van der Waals surface area contributed by atoms with Crippen molar-refractivity contribution >= 4 is 38.1 Å². The van der Waals surface area contributed by atoms with Gasteiger partial charge in [-0.15, -0.1) is 0 Å². The summed E-state index contributed by atoms with van der Waals surface area (Å²) in [6.07, 6.45) is 0.766. The fourth-order valence-electron chi connectivity index (χ4n) is 1.53. The lowest BCUT2D eigenvalue weighted by Gasteiger charge is -2.12. The van der Waals surface area contributed by atoms with Gasteiger partial charge in [-0.2, -0.15) is 0 Å². The average molecular weight is 386 g/mol. The van der Waals surface area contributed by atoms with Gasteiger partial charge in [0, 0.05) is 0 Å². The highest BCUT2D eigenvalue weighted by Gasteiger charge is 2.10. The molecule has 0 fully saturated rings. The Kier molecular flexibility index (Phi) is 4.61. The summed E-state index contributed by atoms with van der Waals surface area (Å²) in [6.45, 7) is 0. The smallest absolute Gasteiger partial charge is 0.153 e. The summed E-state index contributed by atoms with van der Waals surface area (Å²) < 4.78 is 12.5. The standard InChI is InChI=1S/C14H10Br2O3/c1-18-13-6-11(16)14(7-10(13)15)19-12-5-3-2-4-9(12)8-17/h2-8H,1H3. The van der Waals surface area contributed by atoms with E-state index in [1.54, 1.807) is 37.4 Å². The van der Waals surface area contributed by atoms with E-state index in [2.05, 4.69) is 31.9 Å². The summed E-state index contributed by atoms with van der Waals surface area (Å²) in [5.41, 5.74) is 0.501. The number of para-hydroxylation sites is 1. The molecule has 19 heavy (non-hydrogen) atoms. The summed E-state index contributed by atoms with van der Waals surface area (Å²) >= 11 is 6.81. The molecule has 0 aliphatic carbocycles. The molecule has 0 aromatic heterocycles. The fourth-order valence-corrected chi connectivity index (χ4v) is 2.42. The molecule has 0 bridgehead atoms. The predicted octanol–water partition coefficient (Wildman–Crippen LogP) is 4.83. The van der Waals surface area contributed by atoms with E-state index in [1.165, 1.54) is 0 Å². The summed E-state index contributed by atoms with van der Waals surface area (Å²) in [6, 6.07) is 10.6. The van der Waals surface area contributed by atoms with Crippen LogP contribution in [0.3, 0.4) is 0 Å². The lowest BCUT2D eigenvalue weighted by Crippen LogP contribution is -1.92. The summed E-state index contributed by atoms with van der Waals surface area (Å²) in [5.74, 6) is 1.81. The van der Waals surface area contributed by atoms with Gasteiger partial charge in [0.1, 0.15) is 17.2 Å². The lowest BCUT2D eigenvalue weighted by atomic mass is 10.2. The first-order valence-corrected chi connectivity index (χ1v) is 6.99. The molecule has 2 aromatic carbocycles. The van der Waals surface area contributed by atoms with Crippen LogP contribution in [0.5, 0.6) is 17.2 Å². The number of methoxy groups -OCH3 is 1. The van der Waals surface area contributed by atoms with Crippen LogP contribution in [-0.4, -0.2) is 13.4 Å². The molecule has 0 unspecified atom stereocenters. The van der Waals surface area contributed by atoms with Crippen molar-refractivity contribution in [2.45, 2.75) is 0 Å². The van der Waals surface area contributed by atoms with Crippen molar-refractivity contribution in [3.05, 3.63) is 50.9 Å². The van der Waals surface area contributed by atoms with E-state index < -0.39 is 0 Å². The van der Waals surface area contributed by atoms with Crippen molar-refractivity contribution in [1.29, 1.82) is 0 Å². The molecule has 0 N–H and O–H groups in total. The Balaban J connectivity index is 2.38. The van der Waals surface area contributed by atoms with Gasteiger partial charge in [0.05, 0.1) is 21.6 Å². The maximum atomic E-state index is 10.9. The maximum Gasteiger partial charge on any atom is 0.153 e. The second-order valence-electron chi connectivity index (χ2n) is 3.67. The Morgan fingerprint density at radius 3 is 2.32 bits per heavy atom. The van der Waals surface area contributed by atoms with Crippen molar-refractivity contribution in [2.75, 3.05) is 7.11 Å². The molecular formula is C14H10Br2O3. The molecule has 0 aliphatic rings. The molecule has 0 heterocycles. The van der Waals surface area contributed by atoms with Gasteiger partial charge in [-0.25, -0.2) is 0 Å². The van der Waals surface area contributed by atoms with Gasteiger partial charge in [-0.1, -0.05) is 12.1 Å². The van der Waals surface area contributed by atoms with Crippen LogP contribution in [0.25, 0.3) is 0 Å². The first-order chi connectivity index (χ1) is 9.15. The van der Waals surface area contributed by atoms with Crippen LogP contribution in [0, 0.1) is 0 Å². The number of benzene rings is 2. The minimum Gasteiger partial charge on any atom is -0.496 e. The normalized spacial score (nSPS) is 10.1. The van der Waals surface area contributed by atoms with E-state index in [-0.39, 0.29) is 0 Å². The molecule has 2 aromatic rings. The van der Waals surface area contributed by atoms with Crippen molar-refractivity contribution in [3.63, 3.8) is 0 Å².